The predicted octanol–water partition coefficient (Wildman–Crippen LogP) is 4.16. The Bertz CT molecular complexity index is 1050. The van der Waals surface area contributed by atoms with Gasteiger partial charge in [-0.3, -0.25) is 14.9 Å². The summed E-state index contributed by atoms with van der Waals surface area (Å²) in [6.45, 7) is 5.53. The molecular weight excluding hydrogens is 386 g/mol. The molecule has 0 unspecified atom stereocenters. The van der Waals surface area contributed by atoms with Crippen LogP contribution in [0.2, 0.25) is 0 Å². The van der Waals surface area contributed by atoms with E-state index in [1.165, 1.54) is 16.7 Å². The molecule has 0 fully saturated rings. The van der Waals surface area contributed by atoms with Crippen LogP contribution in [0.3, 0.4) is 0 Å². The van der Waals surface area contributed by atoms with Gasteiger partial charge in [-0.2, -0.15) is 0 Å². The number of fused-ring (bicyclic) bond motifs is 1. The average molecular weight is 418 g/mol. The largest absolute Gasteiger partial charge is 0.392 e. The summed E-state index contributed by atoms with van der Waals surface area (Å²) in [4.78, 5) is 11.9. The molecule has 2 heterocycles. The van der Waals surface area contributed by atoms with Crippen LogP contribution in [0.1, 0.15) is 63.7 Å². The van der Waals surface area contributed by atoms with Crippen molar-refractivity contribution in [3.63, 3.8) is 0 Å². The fourth-order valence-corrected chi connectivity index (χ4v) is 4.62. The highest BCUT2D eigenvalue weighted by molar-refractivity contribution is 5.33. The van der Waals surface area contributed by atoms with Crippen LogP contribution >= 0.6 is 0 Å². The minimum Gasteiger partial charge on any atom is -0.392 e. The zero-order valence-electron chi connectivity index (χ0n) is 18.4. The lowest BCUT2D eigenvalue weighted by Crippen LogP contribution is -2.32. The van der Waals surface area contributed by atoms with E-state index in [2.05, 4.69) is 30.9 Å². The molecule has 3 aromatic rings. The topological polar surface area (TPSA) is 69.5 Å². The quantitative estimate of drug-likeness (QED) is 0.604. The third-order valence-electron chi connectivity index (χ3n) is 6.28. The third-order valence-corrected chi connectivity index (χ3v) is 6.28. The maximum absolute atomic E-state index is 9.96. The molecule has 0 spiro atoms. The lowest BCUT2D eigenvalue weighted by molar-refractivity contribution is 0.153. The second-order valence-corrected chi connectivity index (χ2v) is 8.56. The van der Waals surface area contributed by atoms with Crippen molar-refractivity contribution in [2.24, 2.45) is 0 Å². The molecule has 162 valence electrons. The molecule has 1 aromatic carbocycles. The monoisotopic (exact) mass is 417 g/mol. The van der Waals surface area contributed by atoms with Crippen molar-refractivity contribution in [2.75, 3.05) is 0 Å². The van der Waals surface area contributed by atoms with Gasteiger partial charge in [-0.1, -0.05) is 30.3 Å². The molecule has 0 aliphatic heterocycles. The van der Waals surface area contributed by atoms with Gasteiger partial charge < -0.3 is 10.2 Å². The van der Waals surface area contributed by atoms with Crippen molar-refractivity contribution in [1.82, 2.24) is 14.9 Å². The summed E-state index contributed by atoms with van der Waals surface area (Å²) in [6.07, 6.45) is 7.08. The average Bonchev–Trinajstić information content (AvgIpc) is 2.80. The van der Waals surface area contributed by atoms with Crippen molar-refractivity contribution < 1.29 is 10.2 Å². The Morgan fingerprint density at radius 3 is 2.65 bits per heavy atom. The molecule has 5 nitrogen and oxygen atoms in total. The van der Waals surface area contributed by atoms with Gasteiger partial charge in [0.1, 0.15) is 0 Å². The van der Waals surface area contributed by atoms with Crippen molar-refractivity contribution in [3.05, 3.63) is 93.6 Å². The molecule has 1 aliphatic rings. The smallest absolute Gasteiger partial charge is 0.0685 e. The number of nitrogens with zero attached hydrogens (tertiary/aromatic N) is 3. The zero-order valence-corrected chi connectivity index (χ0v) is 18.4. The van der Waals surface area contributed by atoms with E-state index in [-0.39, 0.29) is 19.3 Å². The molecule has 0 saturated carbocycles. The number of aryl methyl sites for hydroxylation is 3. The zero-order chi connectivity index (χ0) is 21.8. The van der Waals surface area contributed by atoms with Crippen LogP contribution in [0.4, 0.5) is 0 Å². The van der Waals surface area contributed by atoms with Crippen LogP contribution in [0.5, 0.6) is 0 Å². The van der Waals surface area contributed by atoms with Crippen LogP contribution < -0.4 is 0 Å². The fraction of sp³-hybridized carbons (Fsp3) is 0.385. The number of aliphatic hydroxyl groups is 2. The van der Waals surface area contributed by atoms with Crippen molar-refractivity contribution in [3.8, 4) is 0 Å². The summed E-state index contributed by atoms with van der Waals surface area (Å²) in [5.74, 6) is 0. The number of aliphatic hydroxyl groups excluding tert-OH is 2. The molecule has 1 aliphatic carbocycles. The van der Waals surface area contributed by atoms with Crippen LogP contribution in [0.15, 0.2) is 48.8 Å². The number of pyridine rings is 2. The van der Waals surface area contributed by atoms with E-state index in [1.54, 1.807) is 0 Å². The standard InChI is InChI=1S/C26H31N3O2/c1-18-11-19(2)24(28-13-18)15-29(14-22-9-8-20(16-30)12-23(22)17-31)25-7-3-5-21-6-4-10-27-26(21)25/h4,6,8-13,25,30-31H,3,5,7,14-17H2,1-2H3/t25-/m0/s1. The van der Waals surface area contributed by atoms with Gasteiger partial charge in [-0.15, -0.1) is 0 Å². The molecule has 5 heteroatoms. The highest BCUT2D eigenvalue weighted by Crippen LogP contribution is 2.35. The molecule has 2 N–H and O–H groups in total. The first-order valence-electron chi connectivity index (χ1n) is 11.0. The van der Waals surface area contributed by atoms with Crippen LogP contribution in [-0.2, 0) is 32.7 Å². The molecule has 0 bridgehead atoms. The Kier molecular flexibility index (Phi) is 6.76. The summed E-state index contributed by atoms with van der Waals surface area (Å²) in [6, 6.07) is 12.5. The molecular formula is C26H31N3O2. The Hall–Kier alpha value is -2.60. The van der Waals surface area contributed by atoms with Crippen LogP contribution in [0.25, 0.3) is 0 Å². The molecule has 1 atom stereocenters. The number of aromatic nitrogens is 2. The molecule has 2 aromatic heterocycles. The summed E-state index contributed by atoms with van der Waals surface area (Å²) < 4.78 is 0. The highest BCUT2D eigenvalue weighted by atomic mass is 16.3. The van der Waals surface area contributed by atoms with Crippen LogP contribution in [-0.4, -0.2) is 25.1 Å². The van der Waals surface area contributed by atoms with E-state index in [0.29, 0.717) is 6.54 Å². The van der Waals surface area contributed by atoms with Gasteiger partial charge in [0.2, 0.25) is 0 Å². The van der Waals surface area contributed by atoms with Crippen molar-refractivity contribution in [2.45, 2.75) is 65.5 Å². The number of hydrogen-bond donors (Lipinski definition) is 2. The fourth-order valence-electron chi connectivity index (χ4n) is 4.62. The van der Waals surface area contributed by atoms with E-state index >= 15 is 0 Å². The van der Waals surface area contributed by atoms with Crippen LogP contribution in [0, 0.1) is 13.8 Å². The van der Waals surface area contributed by atoms with Crippen molar-refractivity contribution in [1.29, 1.82) is 0 Å². The molecule has 0 amide bonds. The predicted molar refractivity (Wildman–Crippen MR) is 121 cm³/mol. The number of hydrogen-bond acceptors (Lipinski definition) is 5. The first-order valence-corrected chi connectivity index (χ1v) is 11.0. The van der Waals surface area contributed by atoms with E-state index in [9.17, 15) is 10.2 Å². The lowest BCUT2D eigenvalue weighted by atomic mass is 9.90. The third kappa shape index (κ3) is 4.85. The maximum Gasteiger partial charge on any atom is 0.0685 e. The molecule has 4 rings (SSSR count). The van der Waals surface area contributed by atoms with Gasteiger partial charge in [0.25, 0.3) is 0 Å². The normalized spacial score (nSPS) is 15.8. The first kappa shape index (κ1) is 21.6. The van der Waals surface area contributed by atoms with E-state index in [4.69, 9.17) is 9.97 Å². The van der Waals surface area contributed by atoms with Gasteiger partial charge in [-0.25, -0.2) is 0 Å². The molecule has 0 radical (unpaired) electrons. The Labute approximate surface area is 184 Å². The van der Waals surface area contributed by atoms with Gasteiger partial charge in [-0.05, 0) is 72.6 Å². The Morgan fingerprint density at radius 1 is 1.00 bits per heavy atom. The van der Waals surface area contributed by atoms with Crippen molar-refractivity contribution >= 4 is 0 Å². The van der Waals surface area contributed by atoms with E-state index < -0.39 is 0 Å². The summed E-state index contributed by atoms with van der Waals surface area (Å²) in [5, 5.41) is 19.4. The minimum atomic E-state index is -0.0433. The molecule has 0 saturated heterocycles. The second-order valence-electron chi connectivity index (χ2n) is 8.56. The Balaban J connectivity index is 1.71. The highest BCUT2D eigenvalue weighted by Gasteiger charge is 2.28. The second kappa shape index (κ2) is 9.69. The number of rotatable bonds is 7. The summed E-state index contributed by atoms with van der Waals surface area (Å²) >= 11 is 0. The van der Waals surface area contributed by atoms with Gasteiger partial charge in [0, 0.05) is 25.5 Å². The summed E-state index contributed by atoms with van der Waals surface area (Å²) in [7, 11) is 0. The molecule has 31 heavy (non-hydrogen) atoms. The van der Waals surface area contributed by atoms with E-state index in [1.807, 2.05) is 36.7 Å². The van der Waals surface area contributed by atoms with E-state index in [0.717, 1.165) is 53.9 Å². The van der Waals surface area contributed by atoms with Gasteiger partial charge in [0.15, 0.2) is 0 Å². The lowest BCUT2D eigenvalue weighted by Gasteiger charge is -2.35. The van der Waals surface area contributed by atoms with Gasteiger partial charge in [0.05, 0.1) is 30.6 Å². The number of benzene rings is 1. The maximum atomic E-state index is 9.96. The summed E-state index contributed by atoms with van der Waals surface area (Å²) in [5.41, 5.74) is 8.69. The SMILES string of the molecule is Cc1cnc(CN(Cc2ccc(CO)cc2CO)[C@H]2CCCc3cccnc32)c(C)c1. The first-order chi connectivity index (χ1) is 15.1. The minimum absolute atomic E-state index is 0.0244. The Morgan fingerprint density at radius 2 is 1.87 bits per heavy atom. The van der Waals surface area contributed by atoms with Gasteiger partial charge >= 0.3 is 0 Å².